The van der Waals surface area contributed by atoms with Crippen molar-refractivity contribution in [1.82, 2.24) is 15.2 Å². The van der Waals surface area contributed by atoms with Gasteiger partial charge in [0.05, 0.1) is 10.7 Å². The summed E-state index contributed by atoms with van der Waals surface area (Å²) >= 11 is 1.75. The van der Waals surface area contributed by atoms with Gasteiger partial charge in [-0.1, -0.05) is 26.2 Å². The second kappa shape index (κ2) is 8.11. The zero-order chi connectivity index (χ0) is 14.4. The molecule has 114 valence electrons. The van der Waals surface area contributed by atoms with Crippen molar-refractivity contribution < 1.29 is 0 Å². The first-order valence-electron chi connectivity index (χ1n) is 8.02. The molecule has 0 spiro atoms. The van der Waals surface area contributed by atoms with Gasteiger partial charge in [-0.15, -0.1) is 11.3 Å². The molecule has 4 heteroatoms. The lowest BCUT2D eigenvalue weighted by atomic mass is 9.94. The molecule has 0 bridgehead atoms. The van der Waals surface area contributed by atoms with Crippen molar-refractivity contribution in [1.29, 1.82) is 0 Å². The monoisotopic (exact) mass is 295 g/mol. The largest absolute Gasteiger partial charge is 0.314 e. The molecule has 0 aliphatic heterocycles. The van der Waals surface area contributed by atoms with Gasteiger partial charge in [-0.3, -0.25) is 0 Å². The van der Waals surface area contributed by atoms with Crippen LogP contribution in [0.2, 0.25) is 0 Å². The standard InChI is InChI=1S/C16H29N3S/c1-4-17-16-9-7-5-6-8-14(16)10-19(3)11-15-12-20-13(2)18-15/h12,14,16-17H,4-11H2,1-3H3. The predicted octanol–water partition coefficient (Wildman–Crippen LogP) is 3.44. The maximum atomic E-state index is 4.58. The van der Waals surface area contributed by atoms with E-state index in [-0.39, 0.29) is 0 Å². The third kappa shape index (κ3) is 4.83. The molecular formula is C16H29N3S. The van der Waals surface area contributed by atoms with Gasteiger partial charge in [0, 0.05) is 24.5 Å². The number of thiazole rings is 1. The van der Waals surface area contributed by atoms with Crippen LogP contribution in [0.1, 0.15) is 49.7 Å². The molecule has 20 heavy (non-hydrogen) atoms. The minimum Gasteiger partial charge on any atom is -0.314 e. The number of aryl methyl sites for hydroxylation is 1. The van der Waals surface area contributed by atoms with E-state index in [0.29, 0.717) is 6.04 Å². The molecule has 1 fully saturated rings. The molecule has 0 saturated heterocycles. The Morgan fingerprint density at radius 1 is 1.35 bits per heavy atom. The van der Waals surface area contributed by atoms with E-state index in [9.17, 15) is 0 Å². The van der Waals surface area contributed by atoms with Crippen molar-refractivity contribution in [2.45, 2.75) is 58.5 Å². The molecule has 2 atom stereocenters. The average molecular weight is 295 g/mol. The molecule has 2 unspecified atom stereocenters. The molecule has 2 rings (SSSR count). The normalized spacial score (nSPS) is 24.0. The Labute approximate surface area is 127 Å². The van der Waals surface area contributed by atoms with Gasteiger partial charge in [0.2, 0.25) is 0 Å². The Bertz CT molecular complexity index is 391. The van der Waals surface area contributed by atoms with Gasteiger partial charge in [0.25, 0.3) is 0 Å². The highest BCUT2D eigenvalue weighted by Crippen LogP contribution is 2.24. The predicted molar refractivity (Wildman–Crippen MR) is 87.2 cm³/mol. The van der Waals surface area contributed by atoms with Crippen LogP contribution in [0.25, 0.3) is 0 Å². The fourth-order valence-corrected chi connectivity index (χ4v) is 3.96. The number of hydrogen-bond acceptors (Lipinski definition) is 4. The molecule has 1 aliphatic carbocycles. The quantitative estimate of drug-likeness (QED) is 0.815. The SMILES string of the molecule is CCNC1CCCCCC1CN(C)Cc1csc(C)n1. The number of rotatable bonds is 6. The minimum absolute atomic E-state index is 0.710. The fraction of sp³-hybridized carbons (Fsp3) is 0.812. The molecule has 0 aromatic carbocycles. The molecule has 1 aromatic heterocycles. The van der Waals surface area contributed by atoms with E-state index < -0.39 is 0 Å². The van der Waals surface area contributed by atoms with Crippen molar-refractivity contribution >= 4 is 11.3 Å². The van der Waals surface area contributed by atoms with Crippen LogP contribution in [0, 0.1) is 12.8 Å². The summed E-state index contributed by atoms with van der Waals surface area (Å²) in [7, 11) is 2.24. The first-order chi connectivity index (χ1) is 9.69. The molecule has 0 radical (unpaired) electrons. The minimum atomic E-state index is 0.710. The summed E-state index contributed by atoms with van der Waals surface area (Å²) in [6, 6.07) is 0.710. The summed E-state index contributed by atoms with van der Waals surface area (Å²) in [6.07, 6.45) is 6.92. The van der Waals surface area contributed by atoms with Crippen molar-refractivity contribution in [2.75, 3.05) is 20.1 Å². The highest BCUT2D eigenvalue weighted by atomic mass is 32.1. The molecule has 1 aliphatic rings. The van der Waals surface area contributed by atoms with Crippen LogP contribution in [0.3, 0.4) is 0 Å². The second-order valence-corrected chi connectivity index (χ2v) is 7.18. The van der Waals surface area contributed by atoms with Crippen LogP contribution in [0.4, 0.5) is 0 Å². The molecule has 1 heterocycles. The van der Waals surface area contributed by atoms with Gasteiger partial charge in [-0.05, 0) is 39.3 Å². The van der Waals surface area contributed by atoms with E-state index in [1.807, 2.05) is 0 Å². The van der Waals surface area contributed by atoms with Crippen molar-refractivity contribution in [3.05, 3.63) is 16.1 Å². The maximum absolute atomic E-state index is 4.58. The number of nitrogens with one attached hydrogen (secondary N) is 1. The van der Waals surface area contributed by atoms with Gasteiger partial charge in [0.1, 0.15) is 0 Å². The lowest BCUT2D eigenvalue weighted by molar-refractivity contribution is 0.218. The summed E-state index contributed by atoms with van der Waals surface area (Å²) in [5, 5.41) is 7.08. The highest BCUT2D eigenvalue weighted by Gasteiger charge is 2.24. The first kappa shape index (κ1) is 15.9. The van der Waals surface area contributed by atoms with Crippen molar-refractivity contribution in [3.8, 4) is 0 Å². The van der Waals surface area contributed by atoms with E-state index in [0.717, 1.165) is 19.0 Å². The molecule has 1 aromatic rings. The summed E-state index contributed by atoms with van der Waals surface area (Å²) in [5.74, 6) is 0.794. The zero-order valence-electron chi connectivity index (χ0n) is 13.2. The average Bonchev–Trinajstić information content (AvgIpc) is 2.68. The second-order valence-electron chi connectivity index (χ2n) is 6.12. The maximum Gasteiger partial charge on any atom is 0.0897 e. The molecule has 1 N–H and O–H groups in total. The summed E-state index contributed by atoms with van der Waals surface area (Å²) in [4.78, 5) is 7.03. The Balaban J connectivity index is 1.87. The summed E-state index contributed by atoms with van der Waals surface area (Å²) in [5.41, 5.74) is 1.23. The number of nitrogens with zero attached hydrogens (tertiary/aromatic N) is 2. The van der Waals surface area contributed by atoms with Gasteiger partial charge in [-0.2, -0.15) is 0 Å². The lowest BCUT2D eigenvalue weighted by Gasteiger charge is -2.29. The molecule has 0 amide bonds. The number of aromatic nitrogens is 1. The first-order valence-corrected chi connectivity index (χ1v) is 8.90. The van der Waals surface area contributed by atoms with Gasteiger partial charge in [-0.25, -0.2) is 4.98 Å². The Morgan fingerprint density at radius 3 is 2.85 bits per heavy atom. The van der Waals surface area contributed by atoms with E-state index in [1.165, 1.54) is 49.4 Å². The van der Waals surface area contributed by atoms with Crippen LogP contribution in [-0.2, 0) is 6.54 Å². The van der Waals surface area contributed by atoms with Crippen LogP contribution >= 0.6 is 11.3 Å². The van der Waals surface area contributed by atoms with Crippen molar-refractivity contribution in [3.63, 3.8) is 0 Å². The third-order valence-corrected chi connectivity index (χ3v) is 5.09. The zero-order valence-corrected chi connectivity index (χ0v) is 14.0. The van der Waals surface area contributed by atoms with E-state index in [4.69, 9.17) is 0 Å². The molecule has 3 nitrogen and oxygen atoms in total. The highest BCUT2D eigenvalue weighted by molar-refractivity contribution is 7.09. The fourth-order valence-electron chi connectivity index (χ4n) is 3.36. The van der Waals surface area contributed by atoms with E-state index in [2.05, 4.69) is 41.5 Å². The van der Waals surface area contributed by atoms with E-state index >= 15 is 0 Å². The molecular weight excluding hydrogens is 266 g/mol. The lowest BCUT2D eigenvalue weighted by Crippen LogP contribution is -2.40. The summed E-state index contributed by atoms with van der Waals surface area (Å²) < 4.78 is 0. The van der Waals surface area contributed by atoms with Crippen LogP contribution in [0.5, 0.6) is 0 Å². The Kier molecular flexibility index (Phi) is 6.46. The third-order valence-electron chi connectivity index (χ3n) is 4.27. The van der Waals surface area contributed by atoms with Gasteiger partial charge < -0.3 is 10.2 Å². The van der Waals surface area contributed by atoms with Crippen LogP contribution in [0.15, 0.2) is 5.38 Å². The number of hydrogen-bond donors (Lipinski definition) is 1. The Hall–Kier alpha value is -0.450. The topological polar surface area (TPSA) is 28.2 Å². The van der Waals surface area contributed by atoms with Crippen LogP contribution in [-0.4, -0.2) is 36.1 Å². The van der Waals surface area contributed by atoms with Gasteiger partial charge in [0.15, 0.2) is 0 Å². The summed E-state index contributed by atoms with van der Waals surface area (Å²) in [6.45, 7) is 7.58. The van der Waals surface area contributed by atoms with Crippen molar-refractivity contribution in [2.24, 2.45) is 5.92 Å². The molecule has 1 saturated carbocycles. The smallest absolute Gasteiger partial charge is 0.0897 e. The van der Waals surface area contributed by atoms with E-state index in [1.54, 1.807) is 11.3 Å². The van der Waals surface area contributed by atoms with Crippen LogP contribution < -0.4 is 5.32 Å². The Morgan fingerprint density at radius 2 is 2.15 bits per heavy atom. The van der Waals surface area contributed by atoms with Gasteiger partial charge >= 0.3 is 0 Å².